The van der Waals surface area contributed by atoms with Gasteiger partial charge in [0.2, 0.25) is 0 Å². The molecule has 206 valence electrons. The molecule has 3 aromatic carbocycles. The Morgan fingerprint density at radius 1 is 0.590 bits per heavy atom. The van der Waals surface area contributed by atoms with E-state index in [2.05, 4.69) is 5.10 Å². The molecule has 39 heavy (non-hydrogen) atoms. The number of aromatic nitrogens is 2. The highest BCUT2D eigenvalue weighted by Crippen LogP contribution is 2.44. The van der Waals surface area contributed by atoms with Crippen LogP contribution in [-0.4, -0.2) is 53.8 Å². The standard InChI is InChI=1S/C25H21F3N2O6S3/c1-37(31,32)19-10-4-16(5-11-19)22-23(17-6-12-20(13-7-17)38(2,33)34)30(29-24(22)25(26,27)28)18-8-14-21(15-9-18)39(3,35)36/h4-15H,1-3H3. The zero-order valence-corrected chi connectivity index (χ0v) is 23.1. The fourth-order valence-corrected chi connectivity index (χ4v) is 5.80. The zero-order valence-electron chi connectivity index (χ0n) is 20.6. The number of nitrogens with zero attached hydrogens (tertiary/aromatic N) is 2. The summed E-state index contributed by atoms with van der Waals surface area (Å²) >= 11 is 0. The van der Waals surface area contributed by atoms with Crippen molar-refractivity contribution in [2.45, 2.75) is 20.9 Å². The van der Waals surface area contributed by atoms with Gasteiger partial charge in [-0.2, -0.15) is 18.3 Å². The number of hydrogen-bond acceptors (Lipinski definition) is 7. The largest absolute Gasteiger partial charge is 0.435 e. The third-order valence-electron chi connectivity index (χ3n) is 5.79. The second-order valence-electron chi connectivity index (χ2n) is 8.84. The molecule has 0 amide bonds. The van der Waals surface area contributed by atoms with Gasteiger partial charge in [0.25, 0.3) is 0 Å². The van der Waals surface area contributed by atoms with Gasteiger partial charge in [-0.3, -0.25) is 0 Å². The van der Waals surface area contributed by atoms with Gasteiger partial charge in [-0.15, -0.1) is 0 Å². The lowest BCUT2D eigenvalue weighted by Crippen LogP contribution is -2.08. The van der Waals surface area contributed by atoms with Crippen molar-refractivity contribution in [2.24, 2.45) is 0 Å². The molecule has 0 atom stereocenters. The van der Waals surface area contributed by atoms with Crippen LogP contribution in [0.15, 0.2) is 87.5 Å². The smallest absolute Gasteiger partial charge is 0.232 e. The minimum atomic E-state index is -4.94. The molecule has 0 fully saturated rings. The molecule has 0 spiro atoms. The SMILES string of the molecule is CS(=O)(=O)c1ccc(-c2c(C(F)(F)F)nn(-c3ccc(S(C)(=O)=O)cc3)c2-c2ccc(S(C)(=O)=O)cc2)cc1. The first-order chi connectivity index (χ1) is 17.9. The molecule has 14 heteroatoms. The average Bonchev–Trinajstić information content (AvgIpc) is 3.24. The van der Waals surface area contributed by atoms with Crippen LogP contribution in [0, 0.1) is 0 Å². The topological polar surface area (TPSA) is 120 Å². The molecule has 0 unspecified atom stereocenters. The molecule has 4 aromatic rings. The Bertz CT molecular complexity index is 1880. The van der Waals surface area contributed by atoms with Gasteiger partial charge in [-0.05, 0) is 54.1 Å². The summed E-state index contributed by atoms with van der Waals surface area (Å²) < 4.78 is 116. The Morgan fingerprint density at radius 2 is 0.949 bits per heavy atom. The molecule has 8 nitrogen and oxygen atoms in total. The normalized spacial score (nSPS) is 13.0. The summed E-state index contributed by atoms with van der Waals surface area (Å²) in [5.74, 6) is 0. The third kappa shape index (κ3) is 5.92. The summed E-state index contributed by atoms with van der Waals surface area (Å²) in [4.78, 5) is -0.197. The summed E-state index contributed by atoms with van der Waals surface area (Å²) in [5.41, 5.74) is -1.42. The predicted molar refractivity (Wildman–Crippen MR) is 139 cm³/mol. The minimum absolute atomic E-state index is 0.0101. The first-order valence-corrected chi connectivity index (χ1v) is 16.7. The van der Waals surface area contributed by atoms with Crippen LogP contribution in [0.25, 0.3) is 28.1 Å². The van der Waals surface area contributed by atoms with E-state index >= 15 is 0 Å². The van der Waals surface area contributed by atoms with Gasteiger partial charge in [-0.25, -0.2) is 29.9 Å². The van der Waals surface area contributed by atoms with E-state index in [0.717, 1.165) is 23.4 Å². The second-order valence-corrected chi connectivity index (χ2v) is 14.9. The number of halogens is 3. The molecule has 4 rings (SSSR count). The van der Waals surface area contributed by atoms with Crippen LogP contribution in [-0.2, 0) is 35.7 Å². The van der Waals surface area contributed by atoms with Crippen molar-refractivity contribution in [3.63, 3.8) is 0 Å². The summed E-state index contributed by atoms with van der Waals surface area (Å²) in [6.07, 6.45) is -1.99. The summed E-state index contributed by atoms with van der Waals surface area (Å²) in [5, 5.41) is 3.84. The third-order valence-corrected chi connectivity index (χ3v) is 9.18. The van der Waals surface area contributed by atoms with E-state index < -0.39 is 41.4 Å². The van der Waals surface area contributed by atoms with Crippen molar-refractivity contribution in [1.29, 1.82) is 0 Å². The maximum atomic E-state index is 14.3. The van der Waals surface area contributed by atoms with E-state index in [9.17, 15) is 38.4 Å². The molecule has 0 N–H and O–H groups in total. The van der Waals surface area contributed by atoms with Crippen LogP contribution in [0.2, 0.25) is 0 Å². The molecule has 1 aromatic heterocycles. The summed E-state index contributed by atoms with van der Waals surface area (Å²) in [6.45, 7) is 0. The number of sulfone groups is 3. The van der Waals surface area contributed by atoms with E-state index in [1.54, 1.807) is 0 Å². The molecule has 1 heterocycles. The molecular weight excluding hydrogens is 577 g/mol. The van der Waals surface area contributed by atoms with Crippen molar-refractivity contribution in [3.8, 4) is 28.1 Å². The number of rotatable bonds is 6. The van der Waals surface area contributed by atoms with Crippen LogP contribution in [0.3, 0.4) is 0 Å². The van der Waals surface area contributed by atoms with E-state index in [1.165, 1.54) is 72.8 Å². The Hall–Kier alpha value is -3.49. The fourth-order valence-electron chi connectivity index (χ4n) is 3.91. The first-order valence-electron chi connectivity index (χ1n) is 11.0. The fraction of sp³-hybridized carbons (Fsp3) is 0.160. The van der Waals surface area contributed by atoms with Crippen molar-refractivity contribution in [2.75, 3.05) is 18.8 Å². The van der Waals surface area contributed by atoms with Gasteiger partial charge in [0.05, 0.1) is 26.1 Å². The highest BCUT2D eigenvalue weighted by Gasteiger charge is 2.40. The van der Waals surface area contributed by atoms with Gasteiger partial charge in [0.1, 0.15) is 0 Å². The quantitative estimate of drug-likeness (QED) is 0.322. The highest BCUT2D eigenvalue weighted by molar-refractivity contribution is 7.91. The Labute approximate surface area is 223 Å². The second kappa shape index (κ2) is 9.61. The lowest BCUT2D eigenvalue weighted by molar-refractivity contribution is -0.140. The maximum Gasteiger partial charge on any atom is 0.435 e. The average molecular weight is 599 g/mol. The van der Waals surface area contributed by atoms with E-state index in [1.807, 2.05) is 0 Å². The Morgan fingerprint density at radius 3 is 1.31 bits per heavy atom. The van der Waals surface area contributed by atoms with Gasteiger partial charge in [0, 0.05) is 29.9 Å². The van der Waals surface area contributed by atoms with E-state index in [0.29, 0.717) is 0 Å². The van der Waals surface area contributed by atoms with Crippen molar-refractivity contribution in [1.82, 2.24) is 9.78 Å². The predicted octanol–water partition coefficient (Wildman–Crippen LogP) is 4.44. The number of hydrogen-bond donors (Lipinski definition) is 0. The van der Waals surface area contributed by atoms with Crippen molar-refractivity contribution < 1.29 is 38.4 Å². The Balaban J connectivity index is 2.07. The molecule has 0 aliphatic rings. The van der Waals surface area contributed by atoms with Crippen molar-refractivity contribution in [3.05, 3.63) is 78.5 Å². The van der Waals surface area contributed by atoms with Gasteiger partial charge in [-0.1, -0.05) is 24.3 Å². The van der Waals surface area contributed by atoms with Crippen LogP contribution in [0.5, 0.6) is 0 Å². The number of benzene rings is 3. The zero-order chi connectivity index (χ0) is 29.0. The Kier molecular flexibility index (Phi) is 7.02. The lowest BCUT2D eigenvalue weighted by Gasteiger charge is -2.12. The maximum absolute atomic E-state index is 14.3. The van der Waals surface area contributed by atoms with Gasteiger partial charge < -0.3 is 0 Å². The lowest BCUT2D eigenvalue weighted by atomic mass is 9.98. The highest BCUT2D eigenvalue weighted by atomic mass is 32.2. The van der Waals surface area contributed by atoms with Gasteiger partial charge >= 0.3 is 6.18 Å². The van der Waals surface area contributed by atoms with Gasteiger partial charge in [0.15, 0.2) is 35.2 Å². The van der Waals surface area contributed by atoms with Crippen LogP contribution in [0.1, 0.15) is 5.69 Å². The molecule has 0 saturated heterocycles. The van der Waals surface area contributed by atoms with E-state index in [4.69, 9.17) is 0 Å². The van der Waals surface area contributed by atoms with E-state index in [-0.39, 0.29) is 42.8 Å². The molecule has 0 saturated carbocycles. The first kappa shape index (κ1) is 28.5. The molecule has 0 radical (unpaired) electrons. The summed E-state index contributed by atoms with van der Waals surface area (Å²) in [6, 6.07) is 15.1. The van der Waals surface area contributed by atoms with Crippen molar-refractivity contribution >= 4 is 29.5 Å². The van der Waals surface area contributed by atoms with Crippen LogP contribution >= 0.6 is 0 Å². The molecule has 0 bridgehead atoms. The monoisotopic (exact) mass is 598 g/mol. The molecule has 0 aliphatic carbocycles. The van der Waals surface area contributed by atoms with Crippen LogP contribution < -0.4 is 0 Å². The molecular formula is C25H21F3N2O6S3. The molecule has 0 aliphatic heterocycles. The minimum Gasteiger partial charge on any atom is -0.232 e. The summed E-state index contributed by atoms with van der Waals surface area (Å²) in [7, 11) is -10.8. The van der Waals surface area contributed by atoms with Crippen LogP contribution in [0.4, 0.5) is 13.2 Å². The number of alkyl halides is 3.